The Bertz CT molecular complexity index is 585. The maximum Gasteiger partial charge on any atom is 0.0649 e. The van der Waals surface area contributed by atoms with Crippen LogP contribution in [0.4, 0.5) is 0 Å². The largest absolute Gasteiger partial charge is 0.315 e. The first-order valence-corrected chi connectivity index (χ1v) is 8.32. The lowest BCUT2D eigenvalue weighted by atomic mass is 10.1. The van der Waals surface area contributed by atoms with Gasteiger partial charge in [0.15, 0.2) is 0 Å². The predicted molar refractivity (Wildman–Crippen MR) is 92.2 cm³/mol. The number of hydrogen-bond acceptors (Lipinski definition) is 2. The van der Waals surface area contributed by atoms with Crippen LogP contribution in [0.3, 0.4) is 0 Å². The maximum atomic E-state index is 4.70. The summed E-state index contributed by atoms with van der Waals surface area (Å²) in [4.78, 5) is 0. The van der Waals surface area contributed by atoms with Crippen LogP contribution in [0.25, 0.3) is 5.69 Å². The minimum Gasteiger partial charge on any atom is -0.315 e. The fourth-order valence-electron chi connectivity index (χ4n) is 2.53. The van der Waals surface area contributed by atoms with Gasteiger partial charge in [0.1, 0.15) is 0 Å². The van der Waals surface area contributed by atoms with Gasteiger partial charge in [0.05, 0.1) is 11.4 Å². The average molecular weight is 350 g/mol. The van der Waals surface area contributed by atoms with Gasteiger partial charge < -0.3 is 5.32 Å². The van der Waals surface area contributed by atoms with Crippen molar-refractivity contribution in [3.8, 4) is 5.69 Å². The van der Waals surface area contributed by atoms with E-state index in [1.54, 1.807) is 0 Å². The number of aryl methyl sites for hydroxylation is 1. The molecular formula is C17H24BrN3. The second kappa shape index (κ2) is 7.23. The number of nitrogens with one attached hydrogen (secondary N) is 1. The van der Waals surface area contributed by atoms with Crippen molar-refractivity contribution in [1.82, 2.24) is 15.1 Å². The zero-order chi connectivity index (χ0) is 15.4. The summed E-state index contributed by atoms with van der Waals surface area (Å²) in [6.45, 7) is 9.69. The van der Waals surface area contributed by atoms with E-state index >= 15 is 0 Å². The normalized spacial score (nSPS) is 11.3. The van der Waals surface area contributed by atoms with Crippen LogP contribution < -0.4 is 5.32 Å². The molecule has 3 nitrogen and oxygen atoms in total. The lowest BCUT2D eigenvalue weighted by molar-refractivity contribution is 0.570. The fourth-order valence-corrected chi connectivity index (χ4v) is 2.79. The van der Waals surface area contributed by atoms with Crippen molar-refractivity contribution in [2.24, 2.45) is 0 Å². The molecule has 1 heterocycles. The molecule has 0 aliphatic rings. The molecule has 0 spiro atoms. The third kappa shape index (κ3) is 4.17. The molecule has 0 bridgehead atoms. The lowest BCUT2D eigenvalue weighted by Gasteiger charge is -2.08. The molecule has 0 unspecified atom stereocenters. The van der Waals surface area contributed by atoms with Crippen molar-refractivity contribution in [2.45, 2.75) is 46.6 Å². The first kappa shape index (κ1) is 16.2. The molecule has 1 aromatic heterocycles. The smallest absolute Gasteiger partial charge is 0.0649 e. The molecule has 21 heavy (non-hydrogen) atoms. The van der Waals surface area contributed by atoms with E-state index in [0.29, 0.717) is 6.04 Å². The van der Waals surface area contributed by atoms with E-state index in [9.17, 15) is 0 Å². The predicted octanol–water partition coefficient (Wildman–Crippen LogP) is 4.18. The second-order valence-electron chi connectivity index (χ2n) is 5.75. The fraction of sp³-hybridized carbons (Fsp3) is 0.471. The van der Waals surface area contributed by atoms with E-state index in [1.807, 2.05) is 4.68 Å². The maximum absolute atomic E-state index is 4.70. The summed E-state index contributed by atoms with van der Waals surface area (Å²) in [7, 11) is 0. The Kier molecular flexibility index (Phi) is 5.59. The summed E-state index contributed by atoms with van der Waals surface area (Å²) in [6, 6.07) is 8.84. The summed E-state index contributed by atoms with van der Waals surface area (Å²) in [5, 5.41) is 8.17. The third-order valence-electron chi connectivity index (χ3n) is 3.67. The molecule has 0 aliphatic carbocycles. The van der Waals surface area contributed by atoms with Gasteiger partial charge in [0, 0.05) is 16.2 Å². The highest BCUT2D eigenvalue weighted by Gasteiger charge is 2.12. The molecule has 0 amide bonds. The van der Waals surface area contributed by atoms with E-state index < -0.39 is 0 Å². The minimum atomic E-state index is 0.553. The van der Waals surface area contributed by atoms with Gasteiger partial charge in [-0.1, -0.05) is 29.8 Å². The Morgan fingerprint density at radius 2 is 1.86 bits per heavy atom. The summed E-state index contributed by atoms with van der Waals surface area (Å²) in [5.41, 5.74) is 4.88. The molecule has 2 aromatic rings. The summed E-state index contributed by atoms with van der Waals surface area (Å²) < 4.78 is 3.14. The first-order chi connectivity index (χ1) is 9.99. The van der Waals surface area contributed by atoms with Crippen LogP contribution >= 0.6 is 15.9 Å². The average Bonchev–Trinajstić information content (AvgIpc) is 2.71. The highest BCUT2D eigenvalue weighted by molar-refractivity contribution is 9.10. The van der Waals surface area contributed by atoms with Crippen LogP contribution in [-0.2, 0) is 6.42 Å². The molecule has 0 fully saturated rings. The van der Waals surface area contributed by atoms with E-state index in [4.69, 9.17) is 5.10 Å². The van der Waals surface area contributed by atoms with Crippen molar-refractivity contribution in [2.75, 3.05) is 6.54 Å². The summed E-state index contributed by atoms with van der Waals surface area (Å²) >= 11 is 3.47. The van der Waals surface area contributed by atoms with Gasteiger partial charge in [0.25, 0.3) is 0 Å². The molecule has 4 heteroatoms. The Morgan fingerprint density at radius 3 is 2.48 bits per heavy atom. The van der Waals surface area contributed by atoms with Crippen molar-refractivity contribution in [1.29, 1.82) is 0 Å². The molecule has 0 aliphatic heterocycles. The van der Waals surface area contributed by atoms with Crippen LogP contribution in [0.15, 0.2) is 28.7 Å². The zero-order valence-corrected chi connectivity index (χ0v) is 14.9. The number of aromatic nitrogens is 2. The monoisotopic (exact) mass is 349 g/mol. The Morgan fingerprint density at radius 1 is 1.19 bits per heavy atom. The number of rotatable bonds is 6. The van der Waals surface area contributed by atoms with E-state index in [0.717, 1.165) is 35.2 Å². The number of halogens is 1. The van der Waals surface area contributed by atoms with Crippen LogP contribution in [0.5, 0.6) is 0 Å². The topological polar surface area (TPSA) is 29.9 Å². The summed E-state index contributed by atoms with van der Waals surface area (Å²) in [5.74, 6) is 0. The Balaban J connectivity index is 2.12. The highest BCUT2D eigenvalue weighted by atomic mass is 79.9. The number of benzene rings is 1. The van der Waals surface area contributed by atoms with Crippen molar-refractivity contribution < 1.29 is 0 Å². The second-order valence-corrected chi connectivity index (χ2v) is 6.67. The van der Waals surface area contributed by atoms with Gasteiger partial charge in [-0.3, -0.25) is 0 Å². The molecule has 2 rings (SSSR count). The van der Waals surface area contributed by atoms with Gasteiger partial charge in [-0.15, -0.1) is 0 Å². The molecular weight excluding hydrogens is 326 g/mol. The van der Waals surface area contributed by atoms with Crippen LogP contribution in [-0.4, -0.2) is 22.4 Å². The van der Waals surface area contributed by atoms with Crippen molar-refractivity contribution in [3.63, 3.8) is 0 Å². The van der Waals surface area contributed by atoms with Gasteiger partial charge in [-0.25, -0.2) is 4.68 Å². The van der Waals surface area contributed by atoms with Crippen molar-refractivity contribution >= 4 is 15.9 Å². The third-order valence-corrected chi connectivity index (χ3v) is 4.20. The van der Waals surface area contributed by atoms with Gasteiger partial charge in [0.2, 0.25) is 0 Å². The zero-order valence-electron chi connectivity index (χ0n) is 13.3. The number of hydrogen-bond donors (Lipinski definition) is 1. The Hall–Kier alpha value is -1.13. The molecule has 0 saturated heterocycles. The van der Waals surface area contributed by atoms with Gasteiger partial charge in [-0.2, -0.15) is 5.10 Å². The van der Waals surface area contributed by atoms with Gasteiger partial charge >= 0.3 is 0 Å². The van der Waals surface area contributed by atoms with Gasteiger partial charge in [-0.05, 0) is 63.1 Å². The van der Waals surface area contributed by atoms with Crippen LogP contribution in [0.2, 0.25) is 0 Å². The molecule has 114 valence electrons. The van der Waals surface area contributed by atoms with Crippen LogP contribution in [0.1, 0.15) is 37.2 Å². The van der Waals surface area contributed by atoms with Crippen LogP contribution in [0, 0.1) is 13.8 Å². The SMILES string of the molecule is Cc1nn(-c2ccc(Br)cc2)c(C)c1CCCNC(C)C. The molecule has 1 N–H and O–H groups in total. The van der Waals surface area contributed by atoms with E-state index in [2.05, 4.69) is 73.2 Å². The lowest BCUT2D eigenvalue weighted by Crippen LogP contribution is -2.24. The quantitative estimate of drug-likeness (QED) is 0.792. The standard InChI is InChI=1S/C17H24BrN3/c1-12(2)19-11-5-6-17-13(3)20-21(14(17)4)16-9-7-15(18)8-10-16/h7-10,12,19H,5-6,11H2,1-4H3. The number of nitrogens with zero attached hydrogens (tertiary/aromatic N) is 2. The van der Waals surface area contributed by atoms with E-state index in [1.165, 1.54) is 11.3 Å². The Labute approximate surface area is 135 Å². The molecule has 0 atom stereocenters. The highest BCUT2D eigenvalue weighted by Crippen LogP contribution is 2.20. The first-order valence-electron chi connectivity index (χ1n) is 7.53. The minimum absolute atomic E-state index is 0.553. The summed E-state index contributed by atoms with van der Waals surface area (Å²) in [6.07, 6.45) is 2.22. The molecule has 0 saturated carbocycles. The molecule has 1 aromatic carbocycles. The van der Waals surface area contributed by atoms with Crippen molar-refractivity contribution in [3.05, 3.63) is 45.7 Å². The van der Waals surface area contributed by atoms with E-state index in [-0.39, 0.29) is 0 Å². The molecule has 0 radical (unpaired) electrons.